The first kappa shape index (κ1) is 13.6. The second-order valence-electron chi connectivity index (χ2n) is 4.25. The van der Waals surface area contributed by atoms with E-state index in [-0.39, 0.29) is 0 Å². The van der Waals surface area contributed by atoms with E-state index < -0.39 is 11.6 Å². The number of hydrogen-bond donors (Lipinski definition) is 1. The summed E-state index contributed by atoms with van der Waals surface area (Å²) in [5.41, 5.74) is 7.32. The SMILES string of the molecule is Nc1cc(-c2nnnn2-c2ccc(F)c(F)c2)ccc1Br. The first-order valence-electron chi connectivity index (χ1n) is 5.85. The van der Waals surface area contributed by atoms with Gasteiger partial charge in [-0.05, 0) is 56.7 Å². The molecular formula is C13H8BrF2N5. The van der Waals surface area contributed by atoms with Gasteiger partial charge in [-0.15, -0.1) is 5.10 Å². The number of tetrazole rings is 1. The molecule has 8 heteroatoms. The third kappa shape index (κ3) is 2.49. The zero-order valence-corrected chi connectivity index (χ0v) is 12.1. The van der Waals surface area contributed by atoms with Crippen molar-refractivity contribution in [3.63, 3.8) is 0 Å². The normalized spacial score (nSPS) is 10.8. The largest absolute Gasteiger partial charge is 0.398 e. The summed E-state index contributed by atoms with van der Waals surface area (Å²) in [5.74, 6) is -1.52. The summed E-state index contributed by atoms with van der Waals surface area (Å²) in [6.45, 7) is 0. The Morgan fingerprint density at radius 1 is 1.05 bits per heavy atom. The summed E-state index contributed by atoms with van der Waals surface area (Å²) in [6.07, 6.45) is 0. The zero-order chi connectivity index (χ0) is 15.0. The third-order valence-corrected chi connectivity index (χ3v) is 3.59. The van der Waals surface area contributed by atoms with Gasteiger partial charge in [0.25, 0.3) is 0 Å². The molecule has 0 fully saturated rings. The van der Waals surface area contributed by atoms with E-state index in [9.17, 15) is 8.78 Å². The Morgan fingerprint density at radius 3 is 2.57 bits per heavy atom. The minimum Gasteiger partial charge on any atom is -0.398 e. The number of anilines is 1. The van der Waals surface area contributed by atoms with E-state index in [4.69, 9.17) is 5.73 Å². The van der Waals surface area contributed by atoms with Crippen molar-refractivity contribution in [2.75, 3.05) is 5.73 Å². The smallest absolute Gasteiger partial charge is 0.187 e. The van der Waals surface area contributed by atoms with Gasteiger partial charge in [0.2, 0.25) is 0 Å². The highest BCUT2D eigenvalue weighted by molar-refractivity contribution is 9.10. The standard InChI is InChI=1S/C13H8BrF2N5/c14-9-3-1-7(5-12(9)17)13-18-19-20-21(13)8-2-4-10(15)11(16)6-8/h1-6H,17H2. The summed E-state index contributed by atoms with van der Waals surface area (Å²) in [7, 11) is 0. The van der Waals surface area contributed by atoms with Crippen molar-refractivity contribution in [2.24, 2.45) is 0 Å². The molecule has 21 heavy (non-hydrogen) atoms. The van der Waals surface area contributed by atoms with Gasteiger partial charge in [0, 0.05) is 21.8 Å². The molecule has 106 valence electrons. The average Bonchev–Trinajstić information content (AvgIpc) is 2.94. The topological polar surface area (TPSA) is 69.6 Å². The summed E-state index contributed by atoms with van der Waals surface area (Å²) in [4.78, 5) is 0. The highest BCUT2D eigenvalue weighted by Crippen LogP contribution is 2.27. The van der Waals surface area contributed by atoms with Crippen LogP contribution in [0, 0.1) is 11.6 Å². The Balaban J connectivity index is 2.12. The minimum absolute atomic E-state index is 0.315. The zero-order valence-electron chi connectivity index (χ0n) is 10.5. The number of halogens is 3. The third-order valence-electron chi connectivity index (χ3n) is 2.87. The predicted molar refractivity (Wildman–Crippen MR) is 76.6 cm³/mol. The van der Waals surface area contributed by atoms with Crippen LogP contribution < -0.4 is 5.73 Å². The maximum atomic E-state index is 13.3. The average molecular weight is 352 g/mol. The van der Waals surface area contributed by atoms with Gasteiger partial charge in [0.05, 0.1) is 5.69 Å². The molecule has 0 saturated carbocycles. The first-order chi connectivity index (χ1) is 10.1. The lowest BCUT2D eigenvalue weighted by molar-refractivity contribution is 0.507. The van der Waals surface area contributed by atoms with Gasteiger partial charge in [-0.2, -0.15) is 4.68 Å². The highest BCUT2D eigenvalue weighted by Gasteiger charge is 2.13. The molecule has 0 atom stereocenters. The molecule has 1 aromatic heterocycles. The summed E-state index contributed by atoms with van der Waals surface area (Å²) in [5, 5.41) is 11.3. The minimum atomic E-state index is -0.968. The van der Waals surface area contributed by atoms with E-state index in [0.29, 0.717) is 22.8 Å². The molecule has 2 aromatic carbocycles. The van der Waals surface area contributed by atoms with Crippen LogP contribution in [0.4, 0.5) is 14.5 Å². The maximum absolute atomic E-state index is 13.3. The van der Waals surface area contributed by atoms with Crippen molar-refractivity contribution in [3.8, 4) is 17.1 Å². The highest BCUT2D eigenvalue weighted by atomic mass is 79.9. The Hall–Kier alpha value is -2.35. The van der Waals surface area contributed by atoms with E-state index in [1.54, 1.807) is 18.2 Å². The van der Waals surface area contributed by atoms with Gasteiger partial charge in [-0.25, -0.2) is 8.78 Å². The molecule has 0 aliphatic heterocycles. The van der Waals surface area contributed by atoms with Gasteiger partial charge in [-0.1, -0.05) is 0 Å². The lowest BCUT2D eigenvalue weighted by Crippen LogP contribution is -2.01. The lowest BCUT2D eigenvalue weighted by atomic mass is 10.2. The number of nitrogens with two attached hydrogens (primary N) is 1. The molecule has 0 amide bonds. The van der Waals surface area contributed by atoms with Crippen LogP contribution in [0.5, 0.6) is 0 Å². The summed E-state index contributed by atoms with van der Waals surface area (Å²) < 4.78 is 28.4. The molecule has 0 unspecified atom stereocenters. The molecule has 0 aliphatic carbocycles. The number of aromatic nitrogens is 4. The number of benzene rings is 2. The predicted octanol–water partition coefficient (Wildman–Crippen LogP) is 2.95. The molecule has 0 radical (unpaired) electrons. The fraction of sp³-hybridized carbons (Fsp3) is 0. The lowest BCUT2D eigenvalue weighted by Gasteiger charge is -2.06. The van der Waals surface area contributed by atoms with Crippen LogP contribution in [0.1, 0.15) is 0 Å². The van der Waals surface area contributed by atoms with Crippen LogP contribution in [-0.4, -0.2) is 20.2 Å². The molecule has 2 N–H and O–H groups in total. The number of nitrogen functional groups attached to an aromatic ring is 1. The van der Waals surface area contributed by atoms with Gasteiger partial charge >= 0.3 is 0 Å². The molecular weight excluding hydrogens is 344 g/mol. The van der Waals surface area contributed by atoms with E-state index in [2.05, 4.69) is 31.5 Å². The number of nitrogens with zero attached hydrogens (tertiary/aromatic N) is 4. The molecule has 5 nitrogen and oxygen atoms in total. The maximum Gasteiger partial charge on any atom is 0.187 e. The van der Waals surface area contributed by atoms with Crippen LogP contribution >= 0.6 is 15.9 Å². The fourth-order valence-electron chi connectivity index (χ4n) is 1.84. The monoisotopic (exact) mass is 351 g/mol. The van der Waals surface area contributed by atoms with Crippen LogP contribution in [0.3, 0.4) is 0 Å². The molecule has 0 bridgehead atoms. The number of rotatable bonds is 2. The Kier molecular flexibility index (Phi) is 3.38. The summed E-state index contributed by atoms with van der Waals surface area (Å²) >= 11 is 3.30. The first-order valence-corrected chi connectivity index (χ1v) is 6.65. The van der Waals surface area contributed by atoms with E-state index in [0.717, 1.165) is 16.6 Å². The molecule has 0 spiro atoms. The molecule has 0 aliphatic rings. The van der Waals surface area contributed by atoms with Gasteiger partial charge in [0.1, 0.15) is 0 Å². The van der Waals surface area contributed by atoms with E-state index in [1.807, 2.05) is 0 Å². The number of hydrogen-bond acceptors (Lipinski definition) is 4. The van der Waals surface area contributed by atoms with Gasteiger partial charge in [-0.3, -0.25) is 0 Å². The Bertz CT molecular complexity index is 752. The summed E-state index contributed by atoms with van der Waals surface area (Å²) in [6, 6.07) is 8.65. The Morgan fingerprint density at radius 2 is 1.86 bits per heavy atom. The van der Waals surface area contributed by atoms with Crippen LogP contribution in [0.2, 0.25) is 0 Å². The van der Waals surface area contributed by atoms with Crippen molar-refractivity contribution in [2.45, 2.75) is 0 Å². The second-order valence-corrected chi connectivity index (χ2v) is 5.10. The van der Waals surface area contributed by atoms with Crippen molar-refractivity contribution in [3.05, 3.63) is 52.5 Å². The van der Waals surface area contributed by atoms with E-state index in [1.165, 1.54) is 10.7 Å². The van der Waals surface area contributed by atoms with Crippen molar-refractivity contribution >= 4 is 21.6 Å². The quantitative estimate of drug-likeness (QED) is 0.720. The second kappa shape index (κ2) is 5.21. The van der Waals surface area contributed by atoms with Crippen LogP contribution in [0.25, 0.3) is 17.1 Å². The van der Waals surface area contributed by atoms with Crippen molar-refractivity contribution < 1.29 is 8.78 Å². The fourth-order valence-corrected chi connectivity index (χ4v) is 2.09. The van der Waals surface area contributed by atoms with Crippen molar-refractivity contribution in [1.29, 1.82) is 0 Å². The Labute approximate surface area is 126 Å². The van der Waals surface area contributed by atoms with Crippen molar-refractivity contribution in [1.82, 2.24) is 20.2 Å². The van der Waals surface area contributed by atoms with Gasteiger partial charge in [0.15, 0.2) is 17.5 Å². The van der Waals surface area contributed by atoms with Gasteiger partial charge < -0.3 is 5.73 Å². The molecule has 0 saturated heterocycles. The molecule has 3 rings (SSSR count). The molecule has 3 aromatic rings. The van der Waals surface area contributed by atoms with Crippen LogP contribution in [-0.2, 0) is 0 Å². The van der Waals surface area contributed by atoms with Crippen LogP contribution in [0.15, 0.2) is 40.9 Å². The van der Waals surface area contributed by atoms with E-state index >= 15 is 0 Å². The molecule has 1 heterocycles.